The fraction of sp³-hybridized carbons (Fsp3) is 0.194. The smallest absolute Gasteiger partial charge is 0.305 e. The summed E-state index contributed by atoms with van der Waals surface area (Å²) in [5.41, 5.74) is 6.91. The molecule has 0 amide bonds. The number of hydrogen-bond acceptors (Lipinski definition) is 2. The summed E-state index contributed by atoms with van der Waals surface area (Å²) in [4.78, 5) is 14.3. The van der Waals surface area contributed by atoms with E-state index in [1.165, 1.54) is 16.7 Å². The maximum Gasteiger partial charge on any atom is 0.305 e. The van der Waals surface area contributed by atoms with Gasteiger partial charge in [0.05, 0.1) is 6.42 Å². The minimum atomic E-state index is -0.800. The zero-order valence-corrected chi connectivity index (χ0v) is 19.8. The van der Waals surface area contributed by atoms with Crippen LogP contribution in [0.15, 0.2) is 109 Å². The highest BCUT2D eigenvalue weighted by atomic mass is 16.4. The first kappa shape index (κ1) is 23.5. The lowest BCUT2D eigenvalue weighted by Crippen LogP contribution is -2.32. The SMILES string of the molecule is Cc1ccccc1-c1ccc(C(CC(=O)O)N(Cc2ccccc2)[C@H](C)c2ccccc2)cc1. The molecule has 3 heteroatoms. The van der Waals surface area contributed by atoms with Crippen LogP contribution in [0.3, 0.4) is 0 Å². The van der Waals surface area contributed by atoms with Crippen molar-refractivity contribution in [3.05, 3.63) is 131 Å². The summed E-state index contributed by atoms with van der Waals surface area (Å²) in [6.07, 6.45) is 0.0354. The molecule has 0 spiro atoms. The first-order valence-electron chi connectivity index (χ1n) is 11.8. The van der Waals surface area contributed by atoms with Crippen molar-refractivity contribution in [3.8, 4) is 11.1 Å². The van der Waals surface area contributed by atoms with Crippen molar-refractivity contribution in [2.24, 2.45) is 0 Å². The molecule has 1 unspecified atom stereocenters. The van der Waals surface area contributed by atoms with Gasteiger partial charge < -0.3 is 5.11 Å². The third-order valence-electron chi connectivity index (χ3n) is 6.51. The number of carboxylic acid groups (broad SMARTS) is 1. The van der Waals surface area contributed by atoms with Gasteiger partial charge in [0.2, 0.25) is 0 Å². The van der Waals surface area contributed by atoms with Gasteiger partial charge in [-0.15, -0.1) is 0 Å². The van der Waals surface area contributed by atoms with Gasteiger partial charge in [-0.3, -0.25) is 9.69 Å². The molecule has 4 aromatic carbocycles. The molecule has 0 fully saturated rings. The van der Waals surface area contributed by atoms with Gasteiger partial charge >= 0.3 is 5.97 Å². The van der Waals surface area contributed by atoms with Gasteiger partial charge in [-0.1, -0.05) is 109 Å². The molecule has 0 aliphatic carbocycles. The third kappa shape index (κ3) is 5.62. The van der Waals surface area contributed by atoms with Crippen LogP contribution in [0, 0.1) is 6.92 Å². The van der Waals surface area contributed by atoms with Crippen LogP contribution < -0.4 is 0 Å². The van der Waals surface area contributed by atoms with Gasteiger partial charge in [-0.25, -0.2) is 0 Å². The predicted octanol–water partition coefficient (Wildman–Crippen LogP) is 7.44. The second-order valence-electron chi connectivity index (χ2n) is 8.80. The molecule has 0 aromatic heterocycles. The van der Waals surface area contributed by atoms with E-state index in [4.69, 9.17) is 0 Å². The van der Waals surface area contributed by atoms with E-state index < -0.39 is 5.97 Å². The molecule has 0 aliphatic heterocycles. The zero-order valence-electron chi connectivity index (χ0n) is 19.8. The van der Waals surface area contributed by atoms with Gasteiger partial charge in [-0.05, 0) is 47.2 Å². The summed E-state index contributed by atoms with van der Waals surface area (Å²) in [7, 11) is 0. The van der Waals surface area contributed by atoms with Crippen LogP contribution >= 0.6 is 0 Å². The van der Waals surface area contributed by atoms with Crippen LogP contribution in [-0.2, 0) is 11.3 Å². The molecule has 0 heterocycles. The Morgan fingerprint density at radius 1 is 0.765 bits per heavy atom. The number of benzene rings is 4. The van der Waals surface area contributed by atoms with E-state index in [9.17, 15) is 9.90 Å². The number of carbonyl (C=O) groups is 1. The Morgan fingerprint density at radius 3 is 1.97 bits per heavy atom. The lowest BCUT2D eigenvalue weighted by atomic mass is 9.94. The topological polar surface area (TPSA) is 40.5 Å². The van der Waals surface area contributed by atoms with E-state index in [1.54, 1.807) is 0 Å². The molecule has 0 saturated heterocycles. The molecule has 1 N–H and O–H groups in total. The molecule has 4 rings (SSSR count). The first-order chi connectivity index (χ1) is 16.5. The summed E-state index contributed by atoms with van der Waals surface area (Å²) < 4.78 is 0. The number of aliphatic carboxylic acids is 1. The average Bonchev–Trinajstić information content (AvgIpc) is 2.87. The number of nitrogens with zero attached hydrogens (tertiary/aromatic N) is 1. The second-order valence-corrected chi connectivity index (χ2v) is 8.80. The van der Waals surface area contributed by atoms with Crippen molar-refractivity contribution >= 4 is 5.97 Å². The van der Waals surface area contributed by atoms with Crippen LogP contribution in [0.4, 0.5) is 0 Å². The lowest BCUT2D eigenvalue weighted by Gasteiger charge is -2.37. The number of carboxylic acids is 1. The highest BCUT2D eigenvalue weighted by Gasteiger charge is 2.28. The van der Waals surface area contributed by atoms with Crippen LogP contribution in [-0.4, -0.2) is 16.0 Å². The predicted molar refractivity (Wildman–Crippen MR) is 138 cm³/mol. The fourth-order valence-electron chi connectivity index (χ4n) is 4.61. The normalized spacial score (nSPS) is 12.9. The van der Waals surface area contributed by atoms with E-state index in [0.29, 0.717) is 6.54 Å². The van der Waals surface area contributed by atoms with Gasteiger partial charge in [-0.2, -0.15) is 0 Å². The highest BCUT2D eigenvalue weighted by molar-refractivity contribution is 5.69. The van der Waals surface area contributed by atoms with Crippen LogP contribution in [0.2, 0.25) is 0 Å². The number of aryl methyl sites for hydroxylation is 1. The molecule has 0 aliphatic rings. The molecule has 4 aromatic rings. The molecule has 3 nitrogen and oxygen atoms in total. The molecule has 34 heavy (non-hydrogen) atoms. The lowest BCUT2D eigenvalue weighted by molar-refractivity contribution is -0.138. The minimum Gasteiger partial charge on any atom is -0.481 e. The van der Waals surface area contributed by atoms with Crippen molar-refractivity contribution < 1.29 is 9.90 Å². The molecule has 2 atom stereocenters. The third-order valence-corrected chi connectivity index (χ3v) is 6.51. The molecular weight excluding hydrogens is 418 g/mol. The van der Waals surface area contributed by atoms with Gasteiger partial charge in [0, 0.05) is 18.6 Å². The van der Waals surface area contributed by atoms with Crippen LogP contribution in [0.1, 0.15) is 47.7 Å². The number of rotatable bonds is 9. The van der Waals surface area contributed by atoms with E-state index in [1.807, 2.05) is 48.5 Å². The molecule has 0 saturated carbocycles. The maximum atomic E-state index is 12.0. The van der Waals surface area contributed by atoms with Crippen molar-refractivity contribution in [2.45, 2.75) is 38.9 Å². The van der Waals surface area contributed by atoms with Gasteiger partial charge in [0.25, 0.3) is 0 Å². The molecule has 172 valence electrons. The largest absolute Gasteiger partial charge is 0.481 e. The molecule has 0 radical (unpaired) electrons. The Hall–Kier alpha value is -3.69. The zero-order chi connectivity index (χ0) is 23.9. The van der Waals surface area contributed by atoms with Gasteiger partial charge in [0.15, 0.2) is 0 Å². The Labute approximate surface area is 202 Å². The van der Waals surface area contributed by atoms with E-state index in [0.717, 1.165) is 16.7 Å². The van der Waals surface area contributed by atoms with E-state index in [2.05, 4.69) is 79.4 Å². The van der Waals surface area contributed by atoms with Gasteiger partial charge in [0.1, 0.15) is 0 Å². The second kappa shape index (κ2) is 11.0. The summed E-state index contributed by atoms with van der Waals surface area (Å²) in [5.74, 6) is -0.800. The van der Waals surface area contributed by atoms with E-state index in [-0.39, 0.29) is 18.5 Å². The molecular formula is C31H31NO2. The first-order valence-corrected chi connectivity index (χ1v) is 11.8. The average molecular weight is 450 g/mol. The highest BCUT2D eigenvalue weighted by Crippen LogP contribution is 2.35. The van der Waals surface area contributed by atoms with Crippen LogP contribution in [0.25, 0.3) is 11.1 Å². The standard InChI is InChI=1S/C31H31NO2/c1-23-11-9-10-16-29(23)27-17-19-28(20-18-27)30(21-31(33)34)32(22-25-12-5-3-6-13-25)24(2)26-14-7-4-8-15-26/h3-20,24,30H,21-22H2,1-2H3,(H,33,34)/t24-,30?/m1/s1. The molecule has 0 bridgehead atoms. The minimum absolute atomic E-state index is 0.0354. The van der Waals surface area contributed by atoms with E-state index >= 15 is 0 Å². The summed E-state index contributed by atoms with van der Waals surface area (Å²) in [6, 6.07) is 37.1. The monoisotopic (exact) mass is 449 g/mol. The van der Waals surface area contributed by atoms with Crippen molar-refractivity contribution in [1.29, 1.82) is 0 Å². The maximum absolute atomic E-state index is 12.0. The summed E-state index contributed by atoms with van der Waals surface area (Å²) >= 11 is 0. The van der Waals surface area contributed by atoms with Crippen LogP contribution in [0.5, 0.6) is 0 Å². The van der Waals surface area contributed by atoms with Crippen molar-refractivity contribution in [3.63, 3.8) is 0 Å². The number of hydrogen-bond donors (Lipinski definition) is 1. The quantitative estimate of drug-likeness (QED) is 0.289. The Balaban J connectivity index is 1.73. The Bertz CT molecular complexity index is 1200. The Morgan fingerprint density at radius 2 is 1.35 bits per heavy atom. The Kier molecular flexibility index (Phi) is 7.56. The summed E-state index contributed by atoms with van der Waals surface area (Å²) in [6.45, 7) is 4.93. The summed E-state index contributed by atoms with van der Waals surface area (Å²) in [5, 5.41) is 9.85. The fourth-order valence-corrected chi connectivity index (χ4v) is 4.61. The van der Waals surface area contributed by atoms with Crippen molar-refractivity contribution in [2.75, 3.05) is 0 Å². The van der Waals surface area contributed by atoms with Crippen molar-refractivity contribution in [1.82, 2.24) is 4.90 Å².